The summed E-state index contributed by atoms with van der Waals surface area (Å²) in [7, 11) is 0. The summed E-state index contributed by atoms with van der Waals surface area (Å²) in [5.41, 5.74) is 0.852. The zero-order valence-electron chi connectivity index (χ0n) is 11.8. The van der Waals surface area contributed by atoms with Gasteiger partial charge in [-0.15, -0.1) is 0 Å². The monoisotopic (exact) mass is 380 g/mol. The van der Waals surface area contributed by atoms with Crippen LogP contribution in [-0.2, 0) is 19.4 Å². The van der Waals surface area contributed by atoms with E-state index in [2.05, 4.69) is 55.4 Å². The van der Waals surface area contributed by atoms with Crippen LogP contribution in [0.1, 0.15) is 61.8 Å². The van der Waals surface area contributed by atoms with Crippen molar-refractivity contribution in [3.05, 3.63) is 0 Å². The molecule has 0 rings (SSSR count). The van der Waals surface area contributed by atoms with Crippen LogP contribution in [0, 0.1) is 22.7 Å². The van der Waals surface area contributed by atoms with Crippen LogP contribution in [0.2, 0.25) is 0 Å². The molecule has 0 fully saturated rings. The zero-order chi connectivity index (χ0) is 12.4. The van der Waals surface area contributed by atoms with Gasteiger partial charge in [0.05, 0.1) is 0 Å². The van der Waals surface area contributed by atoms with Gasteiger partial charge in [-0.2, -0.15) is 0 Å². The molecular formula is C14H28W. The van der Waals surface area contributed by atoms with E-state index in [0.29, 0.717) is 10.8 Å². The summed E-state index contributed by atoms with van der Waals surface area (Å²) in [6.07, 6.45) is 1.28. The van der Waals surface area contributed by atoms with Gasteiger partial charge in [0.1, 0.15) is 0 Å². The second kappa shape index (κ2) is 5.26. The molecule has 0 aromatic carbocycles. The Hall–Kier alpha value is 0.558. The SMILES string of the molecule is CC(C)C(C)(C)C[C](=[W])C(C)(C)C(C)C. The molecule has 0 saturated heterocycles. The first-order chi connectivity index (χ1) is 6.51. The first-order valence-electron chi connectivity index (χ1n) is 6.05. The minimum absolute atomic E-state index is 0.404. The van der Waals surface area contributed by atoms with E-state index in [4.69, 9.17) is 0 Å². The van der Waals surface area contributed by atoms with E-state index >= 15 is 0 Å². The summed E-state index contributed by atoms with van der Waals surface area (Å²) in [5, 5.41) is 0. The molecule has 0 aliphatic rings. The van der Waals surface area contributed by atoms with Gasteiger partial charge in [0.2, 0.25) is 0 Å². The molecule has 0 atom stereocenters. The molecule has 0 aromatic heterocycles. The molecule has 90 valence electrons. The van der Waals surface area contributed by atoms with Crippen LogP contribution >= 0.6 is 0 Å². The number of hydrogen-bond donors (Lipinski definition) is 0. The van der Waals surface area contributed by atoms with Crippen molar-refractivity contribution in [3.8, 4) is 0 Å². The van der Waals surface area contributed by atoms with Crippen LogP contribution in [0.5, 0.6) is 0 Å². The Bertz CT molecular complexity index is 221. The van der Waals surface area contributed by atoms with Crippen LogP contribution < -0.4 is 0 Å². The standard InChI is InChI=1S/C14H28.W/c1-11(2)13(5,6)9-10-14(7,8)12(3)4;/h11-12H,9H2,1-8H3;. The normalized spacial score (nSPS) is 13.7. The van der Waals surface area contributed by atoms with Crippen molar-refractivity contribution in [2.45, 2.75) is 61.8 Å². The van der Waals surface area contributed by atoms with Gasteiger partial charge in [0.15, 0.2) is 0 Å². The molecule has 1 heteroatoms. The minimum atomic E-state index is 0.404. The van der Waals surface area contributed by atoms with Crippen molar-refractivity contribution in [2.24, 2.45) is 22.7 Å². The average Bonchev–Trinajstić information content (AvgIpc) is 2.02. The van der Waals surface area contributed by atoms with E-state index in [1.54, 1.807) is 23.3 Å². The summed E-state index contributed by atoms with van der Waals surface area (Å²) >= 11 is 1.68. The van der Waals surface area contributed by atoms with Crippen molar-refractivity contribution in [1.82, 2.24) is 0 Å². The van der Waals surface area contributed by atoms with Crippen molar-refractivity contribution < 1.29 is 19.4 Å². The van der Waals surface area contributed by atoms with E-state index in [0.717, 1.165) is 11.8 Å². The second-order valence-electron chi connectivity index (χ2n) is 6.62. The van der Waals surface area contributed by atoms with Gasteiger partial charge in [-0.1, -0.05) is 0 Å². The maximum absolute atomic E-state index is 2.40. The van der Waals surface area contributed by atoms with Crippen molar-refractivity contribution in [3.63, 3.8) is 0 Å². The fraction of sp³-hybridized carbons (Fsp3) is 0.929. The Morgan fingerprint density at radius 3 is 1.60 bits per heavy atom. The molecule has 0 radical (unpaired) electrons. The third-order valence-corrected chi connectivity index (χ3v) is 6.75. The van der Waals surface area contributed by atoms with Crippen molar-refractivity contribution >= 4 is 3.90 Å². The average molecular weight is 380 g/mol. The third-order valence-electron chi connectivity index (χ3n) is 4.34. The molecule has 0 spiro atoms. The van der Waals surface area contributed by atoms with Crippen LogP contribution in [0.3, 0.4) is 0 Å². The Labute approximate surface area is 108 Å². The number of hydrogen-bond acceptors (Lipinski definition) is 0. The summed E-state index contributed by atoms with van der Waals surface area (Å²) < 4.78 is 1.73. The van der Waals surface area contributed by atoms with E-state index in [9.17, 15) is 0 Å². The van der Waals surface area contributed by atoms with Crippen LogP contribution in [0.15, 0.2) is 0 Å². The maximum atomic E-state index is 2.40. The topological polar surface area (TPSA) is 0 Å². The van der Waals surface area contributed by atoms with Gasteiger partial charge in [-0.3, -0.25) is 0 Å². The van der Waals surface area contributed by atoms with Crippen LogP contribution in [0.25, 0.3) is 0 Å². The molecule has 0 aromatic rings. The van der Waals surface area contributed by atoms with E-state index in [-0.39, 0.29) is 0 Å². The first-order valence-corrected chi connectivity index (χ1v) is 7.51. The first kappa shape index (κ1) is 15.6. The Morgan fingerprint density at radius 2 is 1.33 bits per heavy atom. The third kappa shape index (κ3) is 4.14. The van der Waals surface area contributed by atoms with Gasteiger partial charge in [0, 0.05) is 0 Å². The van der Waals surface area contributed by atoms with Crippen LogP contribution in [-0.4, -0.2) is 3.90 Å². The summed E-state index contributed by atoms with van der Waals surface area (Å²) in [6.45, 7) is 19.0. The van der Waals surface area contributed by atoms with E-state index < -0.39 is 0 Å². The van der Waals surface area contributed by atoms with Gasteiger partial charge in [0.25, 0.3) is 0 Å². The Morgan fingerprint density at radius 1 is 0.933 bits per heavy atom. The Kier molecular flexibility index (Phi) is 5.45. The van der Waals surface area contributed by atoms with Gasteiger partial charge in [-0.25, -0.2) is 0 Å². The molecule has 0 heterocycles. The van der Waals surface area contributed by atoms with Crippen LogP contribution in [0.4, 0.5) is 0 Å². The molecule has 0 aliphatic carbocycles. The summed E-state index contributed by atoms with van der Waals surface area (Å²) in [4.78, 5) is 0. The summed E-state index contributed by atoms with van der Waals surface area (Å²) in [5.74, 6) is 1.50. The fourth-order valence-corrected chi connectivity index (χ4v) is 3.35. The molecule has 0 aliphatic heterocycles. The van der Waals surface area contributed by atoms with Gasteiger partial charge < -0.3 is 0 Å². The molecule has 0 amide bonds. The van der Waals surface area contributed by atoms with E-state index in [1.165, 1.54) is 6.42 Å². The Balaban J connectivity index is 4.64. The second-order valence-corrected chi connectivity index (χ2v) is 8.39. The zero-order valence-corrected chi connectivity index (χ0v) is 14.7. The molecule has 0 saturated carbocycles. The van der Waals surface area contributed by atoms with Crippen molar-refractivity contribution in [1.29, 1.82) is 0 Å². The molecule has 0 bridgehead atoms. The molecule has 0 N–H and O–H groups in total. The molecular weight excluding hydrogens is 352 g/mol. The molecule has 0 unspecified atom stereocenters. The fourth-order valence-electron chi connectivity index (χ4n) is 1.17. The summed E-state index contributed by atoms with van der Waals surface area (Å²) in [6, 6.07) is 0. The predicted molar refractivity (Wildman–Crippen MR) is 66.9 cm³/mol. The quantitative estimate of drug-likeness (QED) is 0.661. The number of rotatable bonds is 5. The van der Waals surface area contributed by atoms with Crippen molar-refractivity contribution in [2.75, 3.05) is 0 Å². The predicted octanol–water partition coefficient (Wildman–Crippen LogP) is 4.46. The van der Waals surface area contributed by atoms with Gasteiger partial charge >= 0.3 is 108 Å². The molecule has 0 nitrogen and oxygen atoms in total. The molecule has 15 heavy (non-hydrogen) atoms. The van der Waals surface area contributed by atoms with Gasteiger partial charge in [-0.05, 0) is 0 Å². The van der Waals surface area contributed by atoms with E-state index in [1.807, 2.05) is 0 Å².